The molecule has 3 unspecified atom stereocenters. The highest BCUT2D eigenvalue weighted by molar-refractivity contribution is 7.57. The van der Waals surface area contributed by atoms with E-state index in [1.54, 1.807) is 0 Å². The van der Waals surface area contributed by atoms with Crippen LogP contribution in [0.1, 0.15) is 6.42 Å². The van der Waals surface area contributed by atoms with Gasteiger partial charge >= 0.3 is 0 Å². The van der Waals surface area contributed by atoms with E-state index in [2.05, 4.69) is 6.30 Å². The van der Waals surface area contributed by atoms with Crippen LogP contribution in [0.25, 0.3) is 0 Å². The van der Waals surface area contributed by atoms with E-state index in [0.29, 0.717) is 11.9 Å². The van der Waals surface area contributed by atoms with Crippen LogP contribution in [-0.2, 0) is 4.74 Å². The van der Waals surface area contributed by atoms with Gasteiger partial charge in [0.05, 0.1) is 11.9 Å². The topological polar surface area (TPSA) is 12.5 Å². The molecule has 0 N–H and O–H groups in total. The fourth-order valence-electron chi connectivity index (χ4n) is 1.19. The van der Waals surface area contributed by atoms with E-state index in [4.69, 9.17) is 4.74 Å². The molecule has 0 saturated carbocycles. The molecule has 0 radical (unpaired) electrons. The predicted molar refractivity (Wildman–Crippen MR) is 33.6 cm³/mol. The zero-order chi connectivity index (χ0) is 4.85. The van der Waals surface area contributed by atoms with E-state index in [1.807, 2.05) is 0 Å². The Morgan fingerprint density at radius 2 is 2.57 bits per heavy atom. The second-order valence-corrected chi connectivity index (χ2v) is 4.68. The number of rotatable bonds is 0. The van der Waals surface area contributed by atoms with Gasteiger partial charge in [-0.1, -0.05) is 7.55 Å². The number of hydrogen-bond acceptors (Lipinski definition) is 1. The Balaban J connectivity index is 2.21. The zero-order valence-corrected chi connectivity index (χ0v) is 5.18. The summed E-state index contributed by atoms with van der Waals surface area (Å²) in [6.07, 6.45) is 7.41. The fourth-order valence-corrected chi connectivity index (χ4v) is 3.19. The Morgan fingerprint density at radius 3 is 2.71 bits per heavy atom. The number of ether oxygens (including phenoxy) is 1. The molecule has 0 spiro atoms. The molecule has 40 valence electrons. The van der Waals surface area contributed by atoms with Crippen LogP contribution in [0.2, 0.25) is 0 Å². The Kier molecular flexibility index (Phi) is 0.686. The minimum absolute atomic E-state index is 0.233. The third-order valence-corrected chi connectivity index (χ3v) is 3.98. The molecule has 2 heterocycles. The summed E-state index contributed by atoms with van der Waals surface area (Å²) in [5.74, 6) is 0.671. The third kappa shape index (κ3) is 0.488. The third-order valence-electron chi connectivity index (χ3n) is 1.73. The van der Waals surface area contributed by atoms with Gasteiger partial charge in [0.25, 0.3) is 0 Å². The Bertz CT molecular complexity index is 121. The van der Waals surface area contributed by atoms with Gasteiger partial charge in [0.15, 0.2) is 0 Å². The lowest BCUT2D eigenvalue weighted by Crippen LogP contribution is -1.77. The molecule has 2 heteroatoms. The Labute approximate surface area is 44.1 Å². The van der Waals surface area contributed by atoms with Crippen molar-refractivity contribution in [2.75, 3.05) is 6.16 Å². The van der Waals surface area contributed by atoms with Gasteiger partial charge < -0.3 is 4.74 Å². The summed E-state index contributed by atoms with van der Waals surface area (Å²) in [5, 5.41) is 0. The van der Waals surface area contributed by atoms with Crippen LogP contribution in [0.3, 0.4) is 0 Å². The van der Waals surface area contributed by atoms with Gasteiger partial charge in [0, 0.05) is 0 Å². The van der Waals surface area contributed by atoms with Crippen LogP contribution in [0.15, 0.2) is 0 Å². The summed E-state index contributed by atoms with van der Waals surface area (Å²) < 4.78 is 5.25. The van der Waals surface area contributed by atoms with Gasteiger partial charge in [-0.2, -0.15) is 0 Å². The van der Waals surface area contributed by atoms with Crippen LogP contribution in [0, 0.1) is 0 Å². The predicted octanol–water partition coefficient (Wildman–Crippen LogP) is 0.761. The summed E-state index contributed by atoms with van der Waals surface area (Å²) in [6.45, 7) is 0. The van der Waals surface area contributed by atoms with E-state index in [1.165, 1.54) is 12.6 Å². The molecular weight excluding hydrogens is 107 g/mol. The molecule has 0 aliphatic carbocycles. The van der Waals surface area contributed by atoms with Crippen molar-refractivity contribution in [3.05, 3.63) is 0 Å². The van der Waals surface area contributed by atoms with Crippen LogP contribution in [0.4, 0.5) is 0 Å². The van der Waals surface area contributed by atoms with Crippen molar-refractivity contribution in [3.8, 4) is 0 Å². The highest BCUT2D eigenvalue weighted by Gasteiger charge is 2.44. The first-order valence-electron chi connectivity index (χ1n) is 2.71. The van der Waals surface area contributed by atoms with Gasteiger partial charge in [-0.3, -0.25) is 0 Å². The highest BCUT2D eigenvalue weighted by atomic mass is 31.1. The summed E-state index contributed by atoms with van der Waals surface area (Å²) in [4.78, 5) is 0. The average Bonchev–Trinajstić information content (AvgIpc) is 2.33. The second kappa shape index (κ2) is 1.15. The first-order chi connectivity index (χ1) is 3.38. The van der Waals surface area contributed by atoms with Crippen LogP contribution in [-0.4, -0.2) is 24.4 Å². The number of hydrogen-bond donors (Lipinski definition) is 0. The highest BCUT2D eigenvalue weighted by Crippen LogP contribution is 2.51. The van der Waals surface area contributed by atoms with Crippen molar-refractivity contribution in [3.63, 3.8) is 0 Å². The standard InChI is InChI=1S/C5H9OP/c1-7-3-2-4-5(7)6-4/h4-5,7H,1-3H2. The second-order valence-electron chi connectivity index (χ2n) is 2.29. The minimum Gasteiger partial charge on any atom is -0.365 e. The molecule has 0 aromatic heterocycles. The lowest BCUT2D eigenvalue weighted by atomic mass is 10.4. The summed E-state index contributed by atoms with van der Waals surface area (Å²) >= 11 is 0. The number of fused-ring (bicyclic) bond motifs is 1. The molecule has 2 aliphatic rings. The molecule has 1 nitrogen and oxygen atoms in total. The largest absolute Gasteiger partial charge is 0.365 e. The molecule has 7 heavy (non-hydrogen) atoms. The maximum absolute atomic E-state index is 5.25. The van der Waals surface area contributed by atoms with Crippen LogP contribution < -0.4 is 0 Å². The summed E-state index contributed by atoms with van der Waals surface area (Å²) in [5.41, 5.74) is 0. The smallest absolute Gasteiger partial charge is 0.0997 e. The quantitative estimate of drug-likeness (QED) is 0.336. The lowest BCUT2D eigenvalue weighted by molar-refractivity contribution is 0.388. The molecule has 0 amide bonds. The maximum Gasteiger partial charge on any atom is 0.0997 e. The fraction of sp³-hybridized carbons (Fsp3) is 0.800. The number of epoxide rings is 1. The maximum atomic E-state index is 5.25. The van der Waals surface area contributed by atoms with Gasteiger partial charge in [-0.05, 0) is 12.6 Å². The van der Waals surface area contributed by atoms with E-state index in [-0.39, 0.29) is 7.55 Å². The Morgan fingerprint density at radius 1 is 1.71 bits per heavy atom. The SMILES string of the molecule is C=[PH]1CCC2OC21. The monoisotopic (exact) mass is 116 g/mol. The summed E-state index contributed by atoms with van der Waals surface area (Å²) in [7, 11) is -0.233. The first kappa shape index (κ1) is 4.17. The van der Waals surface area contributed by atoms with E-state index >= 15 is 0 Å². The van der Waals surface area contributed by atoms with Gasteiger partial charge in [0.1, 0.15) is 0 Å². The van der Waals surface area contributed by atoms with Gasteiger partial charge in [-0.15, -0.1) is 6.30 Å². The average molecular weight is 116 g/mol. The Hall–Kier alpha value is 0.260. The van der Waals surface area contributed by atoms with Crippen molar-refractivity contribution in [1.82, 2.24) is 0 Å². The van der Waals surface area contributed by atoms with Crippen molar-refractivity contribution < 1.29 is 4.74 Å². The normalized spacial score (nSPS) is 56.9. The van der Waals surface area contributed by atoms with Gasteiger partial charge in [-0.25, -0.2) is 0 Å². The van der Waals surface area contributed by atoms with Crippen molar-refractivity contribution in [2.45, 2.75) is 18.4 Å². The molecule has 3 atom stereocenters. The lowest BCUT2D eigenvalue weighted by Gasteiger charge is -1.90. The molecule has 0 bridgehead atoms. The van der Waals surface area contributed by atoms with Crippen molar-refractivity contribution in [2.24, 2.45) is 0 Å². The van der Waals surface area contributed by atoms with E-state index in [0.717, 1.165) is 0 Å². The molecule has 0 aromatic carbocycles. The molecule has 2 rings (SSSR count). The molecule has 0 aromatic rings. The summed E-state index contributed by atoms with van der Waals surface area (Å²) in [6, 6.07) is 0. The van der Waals surface area contributed by atoms with Crippen LogP contribution >= 0.6 is 7.55 Å². The van der Waals surface area contributed by atoms with E-state index in [9.17, 15) is 0 Å². The van der Waals surface area contributed by atoms with Gasteiger partial charge in [0.2, 0.25) is 0 Å². The van der Waals surface area contributed by atoms with Crippen molar-refractivity contribution in [1.29, 1.82) is 0 Å². The minimum atomic E-state index is -0.233. The van der Waals surface area contributed by atoms with Crippen molar-refractivity contribution >= 4 is 13.8 Å². The molecule has 2 saturated heterocycles. The van der Waals surface area contributed by atoms with Crippen LogP contribution in [0.5, 0.6) is 0 Å². The first-order valence-corrected chi connectivity index (χ1v) is 4.70. The zero-order valence-electron chi connectivity index (χ0n) is 4.18. The van der Waals surface area contributed by atoms with E-state index < -0.39 is 0 Å². The molecule has 2 fully saturated rings. The molecule has 2 aliphatic heterocycles. The molecular formula is C5H9OP.